The Morgan fingerprint density at radius 2 is 1.80 bits per heavy atom. The van der Waals surface area contributed by atoms with Crippen molar-refractivity contribution in [2.45, 2.75) is 32.6 Å². The maximum Gasteiger partial charge on any atom is 0.251 e. The summed E-state index contributed by atoms with van der Waals surface area (Å²) in [6, 6.07) is 18.2. The van der Waals surface area contributed by atoms with E-state index in [-0.39, 0.29) is 5.91 Å². The third-order valence-corrected chi connectivity index (χ3v) is 6.54. The summed E-state index contributed by atoms with van der Waals surface area (Å²) in [6.07, 6.45) is 3.88. The Balaban J connectivity index is 1.23. The minimum absolute atomic E-state index is 0.0229. The average Bonchev–Trinajstić information content (AvgIpc) is 3.27. The third kappa shape index (κ3) is 5.25. The Hall–Kier alpha value is -2.73. The van der Waals surface area contributed by atoms with Crippen molar-refractivity contribution >= 4 is 22.6 Å². The number of nitrogens with zero attached hydrogens (tertiary/aromatic N) is 3. The zero-order valence-corrected chi connectivity index (χ0v) is 18.2. The van der Waals surface area contributed by atoms with Crippen LogP contribution in [0.25, 0.3) is 0 Å². The van der Waals surface area contributed by atoms with Crippen LogP contribution in [0.1, 0.15) is 47.1 Å². The first kappa shape index (κ1) is 20.5. The lowest BCUT2D eigenvalue weighted by molar-refractivity contribution is 0.0945. The summed E-state index contributed by atoms with van der Waals surface area (Å²) in [5.74, 6) is 1.43. The van der Waals surface area contributed by atoms with Gasteiger partial charge in [0, 0.05) is 43.2 Å². The summed E-state index contributed by atoms with van der Waals surface area (Å²) in [5, 5.41) is 4.12. The van der Waals surface area contributed by atoms with Crippen LogP contribution in [0.3, 0.4) is 0 Å². The van der Waals surface area contributed by atoms with Gasteiger partial charge in [-0.05, 0) is 48.4 Å². The molecule has 6 heteroatoms. The number of rotatable bonds is 7. The van der Waals surface area contributed by atoms with E-state index in [0.717, 1.165) is 61.8 Å². The van der Waals surface area contributed by atoms with Crippen LogP contribution in [-0.4, -0.2) is 34.9 Å². The summed E-state index contributed by atoms with van der Waals surface area (Å²) < 4.78 is 4.54. The highest BCUT2D eigenvalue weighted by Gasteiger charge is 2.22. The van der Waals surface area contributed by atoms with Gasteiger partial charge >= 0.3 is 0 Å². The van der Waals surface area contributed by atoms with Gasteiger partial charge in [0.25, 0.3) is 5.91 Å². The molecule has 0 saturated carbocycles. The fourth-order valence-electron chi connectivity index (χ4n) is 3.78. The number of carbonyl (C=O) groups excluding carboxylic acids is 1. The number of aryl methyl sites for hydroxylation is 1. The third-order valence-electron chi connectivity index (χ3n) is 5.72. The number of hydrogen-bond donors (Lipinski definition) is 1. The highest BCUT2D eigenvalue weighted by molar-refractivity contribution is 7.09. The molecule has 1 fully saturated rings. The molecular formula is C24H28N4OS. The van der Waals surface area contributed by atoms with E-state index in [1.165, 1.54) is 22.7 Å². The predicted octanol–water partition coefficient (Wildman–Crippen LogP) is 4.34. The molecule has 1 saturated heterocycles. The lowest BCUT2D eigenvalue weighted by Crippen LogP contribution is -2.38. The highest BCUT2D eigenvalue weighted by atomic mass is 32.1. The van der Waals surface area contributed by atoms with Crippen molar-refractivity contribution < 1.29 is 4.79 Å². The maximum absolute atomic E-state index is 12.4. The molecule has 1 amide bonds. The maximum atomic E-state index is 12.4. The van der Waals surface area contributed by atoms with Gasteiger partial charge in [-0.2, -0.15) is 4.37 Å². The summed E-state index contributed by atoms with van der Waals surface area (Å²) in [6.45, 7) is 4.78. The number of hydrogen-bond acceptors (Lipinski definition) is 5. The molecule has 1 N–H and O–H groups in total. The number of aromatic nitrogens is 2. The smallest absolute Gasteiger partial charge is 0.251 e. The molecule has 5 nitrogen and oxygen atoms in total. The Morgan fingerprint density at radius 1 is 1.07 bits per heavy atom. The van der Waals surface area contributed by atoms with Crippen molar-refractivity contribution in [1.29, 1.82) is 0 Å². The van der Waals surface area contributed by atoms with Crippen LogP contribution in [0.5, 0.6) is 0 Å². The zero-order chi connectivity index (χ0) is 20.8. The van der Waals surface area contributed by atoms with E-state index in [0.29, 0.717) is 5.92 Å². The summed E-state index contributed by atoms with van der Waals surface area (Å²) >= 11 is 1.49. The van der Waals surface area contributed by atoms with E-state index in [4.69, 9.17) is 4.98 Å². The molecule has 0 aliphatic carbocycles. The van der Waals surface area contributed by atoms with Crippen LogP contribution in [0.4, 0.5) is 5.13 Å². The summed E-state index contributed by atoms with van der Waals surface area (Å²) in [5.41, 5.74) is 3.23. The molecule has 1 aromatic heterocycles. The van der Waals surface area contributed by atoms with Crippen LogP contribution in [0.15, 0.2) is 54.6 Å². The molecule has 30 heavy (non-hydrogen) atoms. The largest absolute Gasteiger partial charge is 0.352 e. The van der Waals surface area contributed by atoms with Crippen molar-refractivity contribution in [1.82, 2.24) is 14.7 Å². The van der Waals surface area contributed by atoms with Crippen molar-refractivity contribution in [3.63, 3.8) is 0 Å². The first-order valence-electron chi connectivity index (χ1n) is 10.7. The average molecular weight is 421 g/mol. The van der Waals surface area contributed by atoms with Crippen LogP contribution >= 0.6 is 11.5 Å². The van der Waals surface area contributed by atoms with Crippen LogP contribution in [0.2, 0.25) is 0 Å². The van der Waals surface area contributed by atoms with Gasteiger partial charge in [-0.25, -0.2) is 4.98 Å². The minimum Gasteiger partial charge on any atom is -0.352 e. The van der Waals surface area contributed by atoms with Gasteiger partial charge in [0.15, 0.2) is 0 Å². The van der Waals surface area contributed by atoms with Crippen molar-refractivity contribution in [3.8, 4) is 0 Å². The highest BCUT2D eigenvalue weighted by Crippen LogP contribution is 2.25. The second kappa shape index (κ2) is 9.85. The van der Waals surface area contributed by atoms with Gasteiger partial charge in [0.1, 0.15) is 5.82 Å². The number of carbonyl (C=O) groups is 1. The van der Waals surface area contributed by atoms with E-state index < -0.39 is 0 Å². The Bertz CT molecular complexity index is 947. The van der Waals surface area contributed by atoms with Crippen LogP contribution < -0.4 is 10.2 Å². The van der Waals surface area contributed by atoms with Crippen LogP contribution in [-0.2, 0) is 12.8 Å². The quantitative estimate of drug-likeness (QED) is 0.618. The predicted molar refractivity (Wildman–Crippen MR) is 122 cm³/mol. The van der Waals surface area contributed by atoms with Gasteiger partial charge in [-0.3, -0.25) is 4.79 Å². The van der Waals surface area contributed by atoms with E-state index in [1.54, 1.807) is 0 Å². The Morgan fingerprint density at radius 3 is 2.50 bits per heavy atom. The number of piperidine rings is 1. The Kier molecular flexibility index (Phi) is 6.74. The molecule has 0 bridgehead atoms. The molecule has 0 unspecified atom stereocenters. The minimum atomic E-state index is 0.0229. The Labute approximate surface area is 182 Å². The monoisotopic (exact) mass is 420 g/mol. The topological polar surface area (TPSA) is 58.1 Å². The van der Waals surface area contributed by atoms with Crippen molar-refractivity contribution in [3.05, 3.63) is 77.1 Å². The molecule has 3 aromatic rings. The number of anilines is 1. The number of benzene rings is 2. The fraction of sp³-hybridized carbons (Fsp3) is 0.375. The van der Waals surface area contributed by atoms with Gasteiger partial charge in [-0.15, -0.1) is 0 Å². The lowest BCUT2D eigenvalue weighted by atomic mass is 9.97. The van der Waals surface area contributed by atoms with Crippen LogP contribution in [0, 0.1) is 5.92 Å². The van der Waals surface area contributed by atoms with E-state index >= 15 is 0 Å². The zero-order valence-electron chi connectivity index (χ0n) is 17.4. The molecule has 0 atom stereocenters. The first-order chi connectivity index (χ1) is 14.7. The SMILES string of the molecule is CCc1ccc(C(=O)NCC2CCN(c3nc(Cc4ccccc4)ns3)CC2)cc1. The van der Waals surface area contributed by atoms with Crippen molar-refractivity contribution in [2.24, 2.45) is 5.92 Å². The van der Waals surface area contributed by atoms with Gasteiger partial charge in [0.05, 0.1) is 0 Å². The van der Waals surface area contributed by atoms with E-state index in [9.17, 15) is 4.79 Å². The summed E-state index contributed by atoms with van der Waals surface area (Å²) in [4.78, 5) is 19.5. The lowest BCUT2D eigenvalue weighted by Gasteiger charge is -2.31. The second-order valence-electron chi connectivity index (χ2n) is 7.85. The molecular weight excluding hydrogens is 392 g/mol. The van der Waals surface area contributed by atoms with Crippen molar-refractivity contribution in [2.75, 3.05) is 24.5 Å². The number of nitrogens with one attached hydrogen (secondary N) is 1. The molecule has 1 aliphatic rings. The molecule has 156 valence electrons. The molecule has 2 heterocycles. The normalized spacial score (nSPS) is 14.6. The van der Waals surface area contributed by atoms with E-state index in [1.807, 2.05) is 42.5 Å². The number of amides is 1. The fourth-order valence-corrected chi connectivity index (χ4v) is 4.52. The van der Waals surface area contributed by atoms with E-state index in [2.05, 4.69) is 33.6 Å². The molecule has 0 spiro atoms. The molecule has 2 aromatic carbocycles. The van der Waals surface area contributed by atoms with Gasteiger partial charge in [0.2, 0.25) is 5.13 Å². The molecule has 1 aliphatic heterocycles. The standard InChI is InChI=1S/C24H28N4OS/c1-2-18-8-10-21(11-9-18)23(29)25-17-20-12-14-28(15-13-20)24-26-22(27-30-24)16-19-6-4-3-5-7-19/h3-11,20H,2,12-17H2,1H3,(H,25,29). The second-order valence-corrected chi connectivity index (χ2v) is 8.58. The first-order valence-corrected chi connectivity index (χ1v) is 11.5. The molecule has 4 rings (SSSR count). The van der Waals surface area contributed by atoms with Gasteiger partial charge < -0.3 is 10.2 Å². The van der Waals surface area contributed by atoms with Gasteiger partial charge in [-0.1, -0.05) is 49.4 Å². The summed E-state index contributed by atoms with van der Waals surface area (Å²) in [7, 11) is 0. The molecule has 0 radical (unpaired) electrons.